The Labute approximate surface area is 135 Å². The van der Waals surface area contributed by atoms with E-state index in [0.29, 0.717) is 21.2 Å². The van der Waals surface area contributed by atoms with Crippen LogP contribution in [0.5, 0.6) is 0 Å². The first-order valence-electron chi connectivity index (χ1n) is 6.01. The van der Waals surface area contributed by atoms with Gasteiger partial charge in [-0.25, -0.2) is 4.98 Å². The molecule has 8 heteroatoms. The van der Waals surface area contributed by atoms with Gasteiger partial charge in [-0.2, -0.15) is 4.68 Å². The average molecular weight is 338 g/mol. The van der Waals surface area contributed by atoms with Crippen LogP contribution in [0.1, 0.15) is 5.56 Å². The quantitative estimate of drug-likeness (QED) is 0.537. The predicted molar refractivity (Wildman–Crippen MR) is 83.0 cm³/mol. The Hall–Kier alpha value is -1.63. The largest absolute Gasteiger partial charge is 0.224 e. The molecule has 5 nitrogen and oxygen atoms in total. The van der Waals surface area contributed by atoms with E-state index >= 15 is 0 Å². The minimum atomic E-state index is 0.376. The van der Waals surface area contributed by atoms with Gasteiger partial charge in [0, 0.05) is 5.75 Å². The van der Waals surface area contributed by atoms with Crippen LogP contribution >= 0.6 is 35.0 Å². The van der Waals surface area contributed by atoms with Gasteiger partial charge in [-0.1, -0.05) is 53.2 Å². The summed E-state index contributed by atoms with van der Waals surface area (Å²) in [7, 11) is 0. The zero-order valence-corrected chi connectivity index (χ0v) is 13.0. The topological polar surface area (TPSA) is 56.5 Å². The van der Waals surface area contributed by atoms with Crippen LogP contribution < -0.4 is 0 Å². The van der Waals surface area contributed by atoms with E-state index in [1.807, 2.05) is 30.3 Å². The normalized spacial score (nSPS) is 10.8. The summed E-state index contributed by atoms with van der Waals surface area (Å²) >= 11 is 13.3. The first kappa shape index (κ1) is 14.3. The zero-order chi connectivity index (χ0) is 14.7. The zero-order valence-electron chi connectivity index (χ0n) is 10.6. The molecule has 21 heavy (non-hydrogen) atoms. The van der Waals surface area contributed by atoms with Crippen LogP contribution in [0.4, 0.5) is 0 Å². The molecule has 0 bridgehead atoms. The number of tetrazole rings is 1. The average Bonchev–Trinajstić information content (AvgIpc) is 2.93. The lowest BCUT2D eigenvalue weighted by atomic mass is 10.3. The number of hydrogen-bond donors (Lipinski definition) is 0. The van der Waals surface area contributed by atoms with Gasteiger partial charge in [0.15, 0.2) is 0 Å². The summed E-state index contributed by atoms with van der Waals surface area (Å²) < 4.78 is 1.69. The Morgan fingerprint density at radius 1 is 1.05 bits per heavy atom. The molecule has 0 aliphatic rings. The minimum Gasteiger partial charge on any atom is -0.224 e. The maximum absolute atomic E-state index is 5.89. The molecule has 0 saturated heterocycles. The van der Waals surface area contributed by atoms with E-state index < -0.39 is 0 Å². The molecule has 0 aliphatic carbocycles. The van der Waals surface area contributed by atoms with Crippen molar-refractivity contribution in [2.45, 2.75) is 10.9 Å². The molecule has 106 valence electrons. The van der Waals surface area contributed by atoms with Crippen LogP contribution in [-0.2, 0) is 5.75 Å². The second-order valence-electron chi connectivity index (χ2n) is 4.12. The molecule has 0 aliphatic heterocycles. The van der Waals surface area contributed by atoms with Crippen LogP contribution in [0, 0.1) is 0 Å². The summed E-state index contributed by atoms with van der Waals surface area (Å²) in [5, 5.41) is 13.2. The lowest BCUT2D eigenvalue weighted by Gasteiger charge is -2.04. The lowest BCUT2D eigenvalue weighted by Crippen LogP contribution is -1.98. The Bertz CT molecular complexity index is 727. The Morgan fingerprint density at radius 3 is 2.48 bits per heavy atom. The van der Waals surface area contributed by atoms with Gasteiger partial charge in [-0.05, 0) is 40.3 Å². The smallest absolute Gasteiger partial charge is 0.214 e. The van der Waals surface area contributed by atoms with Crippen molar-refractivity contribution >= 4 is 35.0 Å². The van der Waals surface area contributed by atoms with E-state index in [2.05, 4.69) is 20.5 Å². The van der Waals surface area contributed by atoms with Gasteiger partial charge in [-0.15, -0.1) is 5.10 Å². The maximum Gasteiger partial charge on any atom is 0.214 e. The van der Waals surface area contributed by atoms with Gasteiger partial charge in [0.2, 0.25) is 5.16 Å². The number of hydrogen-bond acceptors (Lipinski definition) is 5. The van der Waals surface area contributed by atoms with E-state index in [0.717, 1.165) is 11.3 Å². The van der Waals surface area contributed by atoms with Gasteiger partial charge in [0.1, 0.15) is 10.3 Å². The van der Waals surface area contributed by atoms with Crippen molar-refractivity contribution < 1.29 is 0 Å². The van der Waals surface area contributed by atoms with Crippen molar-refractivity contribution in [3.8, 4) is 5.69 Å². The summed E-state index contributed by atoms with van der Waals surface area (Å²) in [5.74, 6) is 0.648. The molecule has 0 atom stereocenters. The fourth-order valence-electron chi connectivity index (χ4n) is 1.75. The highest BCUT2D eigenvalue weighted by molar-refractivity contribution is 7.98. The number of rotatable bonds is 4. The minimum absolute atomic E-state index is 0.376. The highest BCUT2D eigenvalue weighted by Crippen LogP contribution is 2.24. The number of thioether (sulfide) groups is 1. The molecular weight excluding hydrogens is 329 g/mol. The number of nitrogens with zero attached hydrogens (tertiary/aromatic N) is 5. The molecule has 0 radical (unpaired) electrons. The van der Waals surface area contributed by atoms with Crippen molar-refractivity contribution in [3.63, 3.8) is 0 Å². The third-order valence-corrected chi connectivity index (χ3v) is 4.01. The molecular formula is C13H9Cl2N5S. The van der Waals surface area contributed by atoms with Crippen LogP contribution in [0.25, 0.3) is 5.69 Å². The third kappa shape index (κ3) is 3.53. The summed E-state index contributed by atoms with van der Waals surface area (Å²) in [6.45, 7) is 0. The first-order valence-corrected chi connectivity index (χ1v) is 7.75. The molecule has 0 N–H and O–H groups in total. The van der Waals surface area contributed by atoms with Crippen molar-refractivity contribution in [1.82, 2.24) is 25.2 Å². The predicted octanol–water partition coefficient (Wildman–Crippen LogP) is 3.66. The molecule has 0 amide bonds. The van der Waals surface area contributed by atoms with Crippen molar-refractivity contribution in [3.05, 3.63) is 58.3 Å². The maximum atomic E-state index is 5.89. The van der Waals surface area contributed by atoms with Gasteiger partial charge in [-0.3, -0.25) is 0 Å². The molecule has 0 saturated carbocycles. The first-order chi connectivity index (χ1) is 10.2. The molecule has 2 heterocycles. The Balaban J connectivity index is 1.79. The van der Waals surface area contributed by atoms with E-state index in [1.165, 1.54) is 11.8 Å². The summed E-state index contributed by atoms with van der Waals surface area (Å²) in [6.07, 6.45) is 0. The monoisotopic (exact) mass is 337 g/mol. The van der Waals surface area contributed by atoms with E-state index in [9.17, 15) is 0 Å². The van der Waals surface area contributed by atoms with Gasteiger partial charge in [0.05, 0.1) is 5.69 Å². The molecule has 0 fully saturated rings. The second kappa shape index (κ2) is 6.43. The molecule has 0 unspecified atom stereocenters. The van der Waals surface area contributed by atoms with E-state index in [-0.39, 0.29) is 0 Å². The fourth-order valence-corrected chi connectivity index (χ4v) is 3.07. The number of pyridine rings is 1. The van der Waals surface area contributed by atoms with Gasteiger partial charge >= 0.3 is 0 Å². The summed E-state index contributed by atoms with van der Waals surface area (Å²) in [5.41, 5.74) is 1.88. The fraction of sp³-hybridized carbons (Fsp3) is 0.0769. The molecule has 0 spiro atoms. The van der Waals surface area contributed by atoms with E-state index in [1.54, 1.807) is 16.8 Å². The molecule has 1 aromatic carbocycles. The standard InChI is InChI=1S/C13H9Cl2N5S/c14-11-6-9(7-12(15)16-11)8-21-13-17-18-19-20(13)10-4-2-1-3-5-10/h1-7H,8H2. The van der Waals surface area contributed by atoms with Crippen molar-refractivity contribution in [2.75, 3.05) is 0 Å². The van der Waals surface area contributed by atoms with Crippen LogP contribution in [0.2, 0.25) is 10.3 Å². The number of para-hydroxylation sites is 1. The molecule has 3 rings (SSSR count). The Kier molecular flexibility index (Phi) is 4.38. The number of benzene rings is 1. The molecule has 2 aromatic heterocycles. The number of halogens is 2. The van der Waals surface area contributed by atoms with Crippen LogP contribution in [0.3, 0.4) is 0 Å². The third-order valence-electron chi connectivity index (χ3n) is 2.63. The highest BCUT2D eigenvalue weighted by atomic mass is 35.5. The van der Waals surface area contributed by atoms with Crippen LogP contribution in [-0.4, -0.2) is 25.2 Å². The van der Waals surface area contributed by atoms with E-state index in [4.69, 9.17) is 23.2 Å². The summed E-state index contributed by atoms with van der Waals surface area (Å²) in [4.78, 5) is 3.92. The van der Waals surface area contributed by atoms with Crippen molar-refractivity contribution in [2.24, 2.45) is 0 Å². The Morgan fingerprint density at radius 2 is 1.76 bits per heavy atom. The number of aromatic nitrogens is 5. The van der Waals surface area contributed by atoms with Crippen molar-refractivity contribution in [1.29, 1.82) is 0 Å². The lowest BCUT2D eigenvalue weighted by molar-refractivity contribution is 0.756. The van der Waals surface area contributed by atoms with Gasteiger partial charge < -0.3 is 0 Å². The SMILES string of the molecule is Clc1cc(CSc2nnnn2-c2ccccc2)cc(Cl)n1. The van der Waals surface area contributed by atoms with Crippen LogP contribution in [0.15, 0.2) is 47.6 Å². The second-order valence-corrected chi connectivity index (χ2v) is 5.84. The molecule has 3 aromatic rings. The summed E-state index contributed by atoms with van der Waals surface area (Å²) in [6, 6.07) is 13.3. The highest BCUT2D eigenvalue weighted by Gasteiger charge is 2.09. The van der Waals surface area contributed by atoms with Gasteiger partial charge in [0.25, 0.3) is 0 Å².